The van der Waals surface area contributed by atoms with E-state index in [2.05, 4.69) is 79.2 Å². The van der Waals surface area contributed by atoms with Gasteiger partial charge in [-0.2, -0.15) is 4.37 Å². The van der Waals surface area contributed by atoms with Crippen molar-refractivity contribution < 1.29 is 4.74 Å². The van der Waals surface area contributed by atoms with Crippen molar-refractivity contribution >= 4 is 40.7 Å². The number of ether oxygens (including phenoxy) is 1. The number of rotatable bonds is 7. The minimum absolute atomic E-state index is 0.225. The van der Waals surface area contributed by atoms with E-state index in [4.69, 9.17) is 27.9 Å². The summed E-state index contributed by atoms with van der Waals surface area (Å²) in [5, 5.41) is 1.05. The van der Waals surface area contributed by atoms with E-state index in [0.717, 1.165) is 37.6 Å². The minimum atomic E-state index is 0.225. The molecule has 0 radical (unpaired) electrons. The van der Waals surface area contributed by atoms with Gasteiger partial charge in [-0.3, -0.25) is 4.90 Å². The first-order valence-corrected chi connectivity index (χ1v) is 12.7. The summed E-state index contributed by atoms with van der Waals surface area (Å²) >= 11 is 13.3. The van der Waals surface area contributed by atoms with E-state index in [9.17, 15) is 0 Å². The van der Waals surface area contributed by atoms with Crippen LogP contribution in [0, 0.1) is 0 Å². The maximum Gasteiger partial charge on any atom is 0.271 e. The lowest BCUT2D eigenvalue weighted by Gasteiger charge is -2.39. The van der Waals surface area contributed by atoms with Gasteiger partial charge in [0.1, 0.15) is 6.61 Å². The van der Waals surface area contributed by atoms with Gasteiger partial charge >= 0.3 is 0 Å². The van der Waals surface area contributed by atoms with Crippen LogP contribution < -0.4 is 9.64 Å². The molecule has 0 aliphatic carbocycles. The van der Waals surface area contributed by atoms with Crippen LogP contribution in [0.4, 0.5) is 5.82 Å². The summed E-state index contributed by atoms with van der Waals surface area (Å²) in [5.41, 5.74) is 3.55. The molecular weight excluding hydrogens is 487 g/mol. The summed E-state index contributed by atoms with van der Waals surface area (Å²) < 4.78 is 14.9. The molecule has 1 aliphatic rings. The van der Waals surface area contributed by atoms with Crippen molar-refractivity contribution in [1.29, 1.82) is 0 Å². The van der Waals surface area contributed by atoms with Crippen molar-refractivity contribution in [3.05, 3.63) is 106 Å². The van der Waals surface area contributed by atoms with Gasteiger partial charge in [-0.05, 0) is 28.8 Å². The van der Waals surface area contributed by atoms with Crippen molar-refractivity contribution in [1.82, 2.24) is 13.6 Å². The smallest absolute Gasteiger partial charge is 0.271 e. The second kappa shape index (κ2) is 10.7. The van der Waals surface area contributed by atoms with Crippen molar-refractivity contribution in [2.24, 2.45) is 0 Å². The van der Waals surface area contributed by atoms with Gasteiger partial charge < -0.3 is 9.64 Å². The maximum atomic E-state index is 6.13. The van der Waals surface area contributed by atoms with Crippen LogP contribution in [0.2, 0.25) is 10.0 Å². The number of hydrogen-bond acceptors (Lipinski definition) is 6. The molecule has 2 heterocycles. The number of anilines is 1. The van der Waals surface area contributed by atoms with Gasteiger partial charge in [0.2, 0.25) is 5.82 Å². The topological polar surface area (TPSA) is 41.5 Å². The number of halogens is 2. The molecule has 174 valence electrons. The van der Waals surface area contributed by atoms with E-state index >= 15 is 0 Å². The molecule has 0 amide bonds. The number of piperazine rings is 1. The lowest BCUT2D eigenvalue weighted by molar-refractivity contribution is 0.211. The number of benzene rings is 3. The molecule has 0 bridgehead atoms. The SMILES string of the molecule is Clc1ccc(COc2nsnc2N2CCN(C(c3ccccc3)c3ccccc3)CC2)cc1Cl. The zero-order valence-corrected chi connectivity index (χ0v) is 20.8. The molecule has 5 rings (SSSR count). The average molecular weight is 511 g/mol. The first-order valence-electron chi connectivity index (χ1n) is 11.2. The summed E-state index contributed by atoms with van der Waals surface area (Å²) in [5.74, 6) is 1.37. The van der Waals surface area contributed by atoms with Crippen LogP contribution >= 0.6 is 34.9 Å². The van der Waals surface area contributed by atoms with Crippen LogP contribution in [-0.2, 0) is 6.61 Å². The van der Waals surface area contributed by atoms with Gasteiger partial charge in [-0.25, -0.2) is 0 Å². The predicted octanol–water partition coefficient (Wildman–Crippen LogP) is 6.34. The molecule has 1 aliphatic heterocycles. The highest BCUT2D eigenvalue weighted by molar-refractivity contribution is 6.99. The van der Waals surface area contributed by atoms with E-state index in [1.165, 1.54) is 22.9 Å². The van der Waals surface area contributed by atoms with Crippen molar-refractivity contribution in [3.63, 3.8) is 0 Å². The Balaban J connectivity index is 1.27. The Morgan fingerprint density at radius 3 is 2.06 bits per heavy atom. The van der Waals surface area contributed by atoms with E-state index in [0.29, 0.717) is 22.5 Å². The van der Waals surface area contributed by atoms with Crippen LogP contribution in [-0.4, -0.2) is 39.8 Å². The highest BCUT2D eigenvalue weighted by atomic mass is 35.5. The summed E-state index contributed by atoms with van der Waals surface area (Å²) in [6, 6.07) is 27.1. The Labute approximate surface area is 213 Å². The molecule has 3 aromatic carbocycles. The molecule has 4 aromatic rings. The number of hydrogen-bond donors (Lipinski definition) is 0. The Kier molecular flexibility index (Phi) is 7.30. The quantitative estimate of drug-likeness (QED) is 0.290. The molecule has 0 saturated carbocycles. The summed E-state index contributed by atoms with van der Waals surface area (Å²) in [7, 11) is 0. The third kappa shape index (κ3) is 5.20. The fourth-order valence-electron chi connectivity index (χ4n) is 4.32. The van der Waals surface area contributed by atoms with Gasteiger partial charge in [0.15, 0.2) is 0 Å². The van der Waals surface area contributed by atoms with E-state index < -0.39 is 0 Å². The van der Waals surface area contributed by atoms with Gasteiger partial charge in [-0.1, -0.05) is 89.9 Å². The normalized spacial score (nSPS) is 14.5. The highest BCUT2D eigenvalue weighted by Crippen LogP contribution is 2.32. The number of nitrogens with zero attached hydrogens (tertiary/aromatic N) is 4. The van der Waals surface area contributed by atoms with Gasteiger partial charge in [-0.15, -0.1) is 4.37 Å². The minimum Gasteiger partial charge on any atom is -0.470 e. The van der Waals surface area contributed by atoms with Crippen molar-refractivity contribution in [2.45, 2.75) is 12.6 Å². The van der Waals surface area contributed by atoms with Crippen LogP contribution in [0.5, 0.6) is 5.88 Å². The summed E-state index contributed by atoms with van der Waals surface area (Å²) in [6.07, 6.45) is 0. The maximum absolute atomic E-state index is 6.13. The average Bonchev–Trinajstić information content (AvgIpc) is 3.35. The van der Waals surface area contributed by atoms with E-state index in [1.54, 1.807) is 6.07 Å². The van der Waals surface area contributed by atoms with Gasteiger partial charge in [0.25, 0.3) is 5.88 Å². The molecule has 0 spiro atoms. The standard InChI is InChI=1S/C26H24Cl2N4OS/c27-22-12-11-19(17-23(22)28)18-33-26-25(29-34-30-26)32-15-13-31(14-16-32)24(20-7-3-1-4-8-20)21-9-5-2-6-10-21/h1-12,17,24H,13-16,18H2. The molecule has 1 fully saturated rings. The Bertz CT molecular complexity index is 1170. The first-order chi connectivity index (χ1) is 16.7. The Morgan fingerprint density at radius 1 is 0.794 bits per heavy atom. The Hall–Kier alpha value is -2.64. The molecule has 0 N–H and O–H groups in total. The molecule has 1 saturated heterocycles. The van der Waals surface area contributed by atoms with Gasteiger partial charge in [0, 0.05) is 26.2 Å². The van der Waals surface area contributed by atoms with Crippen LogP contribution in [0.1, 0.15) is 22.7 Å². The van der Waals surface area contributed by atoms with Crippen LogP contribution in [0.15, 0.2) is 78.9 Å². The molecule has 34 heavy (non-hydrogen) atoms. The van der Waals surface area contributed by atoms with Crippen LogP contribution in [0.3, 0.4) is 0 Å². The first kappa shape index (κ1) is 23.1. The second-order valence-corrected chi connectivity index (χ2v) is 9.52. The zero-order valence-electron chi connectivity index (χ0n) is 18.5. The fourth-order valence-corrected chi connectivity index (χ4v) is 5.16. The van der Waals surface area contributed by atoms with Crippen molar-refractivity contribution in [2.75, 3.05) is 31.1 Å². The molecule has 0 atom stereocenters. The number of aromatic nitrogens is 2. The highest BCUT2D eigenvalue weighted by Gasteiger charge is 2.28. The monoisotopic (exact) mass is 510 g/mol. The van der Waals surface area contributed by atoms with Crippen molar-refractivity contribution in [3.8, 4) is 5.88 Å². The van der Waals surface area contributed by atoms with Gasteiger partial charge in [0.05, 0.1) is 27.8 Å². The molecular formula is C26H24Cl2N4OS. The molecule has 8 heteroatoms. The zero-order chi connectivity index (χ0) is 23.3. The molecule has 0 unspecified atom stereocenters. The fraction of sp³-hybridized carbons (Fsp3) is 0.231. The largest absolute Gasteiger partial charge is 0.470 e. The third-order valence-electron chi connectivity index (χ3n) is 6.01. The van der Waals surface area contributed by atoms with Crippen LogP contribution in [0.25, 0.3) is 0 Å². The third-order valence-corrected chi connectivity index (χ3v) is 7.25. The summed E-state index contributed by atoms with van der Waals surface area (Å²) in [6.45, 7) is 3.89. The molecule has 5 nitrogen and oxygen atoms in total. The molecule has 1 aromatic heterocycles. The lowest BCUT2D eigenvalue weighted by atomic mass is 9.96. The van der Waals surface area contributed by atoms with E-state index in [1.807, 2.05) is 12.1 Å². The van der Waals surface area contributed by atoms with E-state index in [-0.39, 0.29) is 6.04 Å². The lowest BCUT2D eigenvalue weighted by Crippen LogP contribution is -2.48. The summed E-state index contributed by atoms with van der Waals surface area (Å²) in [4.78, 5) is 4.80. The Morgan fingerprint density at radius 2 is 1.44 bits per heavy atom. The second-order valence-electron chi connectivity index (χ2n) is 8.18. The predicted molar refractivity (Wildman–Crippen MR) is 139 cm³/mol.